The number of carboxylic acid groups (broad SMARTS) is 1. The lowest BCUT2D eigenvalue weighted by molar-refractivity contribution is 0.0694. The van der Waals surface area contributed by atoms with E-state index in [1.807, 2.05) is 22.6 Å². The van der Waals surface area contributed by atoms with Gasteiger partial charge in [-0.2, -0.15) is 0 Å². The van der Waals surface area contributed by atoms with Crippen LogP contribution in [0, 0.1) is 3.57 Å². The molecule has 0 aliphatic heterocycles. The first-order chi connectivity index (χ1) is 9.77. The minimum atomic E-state index is -3.27. The van der Waals surface area contributed by atoms with Crippen molar-refractivity contribution in [2.75, 3.05) is 6.26 Å². The Bertz CT molecular complexity index is 782. The molecule has 21 heavy (non-hydrogen) atoms. The third kappa shape index (κ3) is 3.94. The van der Waals surface area contributed by atoms with E-state index in [9.17, 15) is 13.2 Å². The van der Waals surface area contributed by atoms with Gasteiger partial charge in [0.1, 0.15) is 17.1 Å². The summed E-state index contributed by atoms with van der Waals surface area (Å²) in [6, 6.07) is 10.6. The van der Waals surface area contributed by atoms with E-state index >= 15 is 0 Å². The molecule has 1 N–H and O–H groups in total. The lowest BCUT2D eigenvalue weighted by Crippen LogP contribution is -2.01. The number of sulfone groups is 1. The monoisotopic (exact) mass is 418 g/mol. The third-order valence-electron chi connectivity index (χ3n) is 2.65. The molecule has 0 spiro atoms. The van der Waals surface area contributed by atoms with E-state index in [0.717, 1.165) is 9.83 Å². The molecule has 0 radical (unpaired) electrons. The Hall–Kier alpha value is -1.61. The van der Waals surface area contributed by atoms with Gasteiger partial charge in [0.05, 0.1) is 4.90 Å². The zero-order chi connectivity index (χ0) is 15.6. The van der Waals surface area contributed by atoms with E-state index in [0.29, 0.717) is 5.75 Å². The van der Waals surface area contributed by atoms with Crippen molar-refractivity contribution in [3.8, 4) is 11.5 Å². The molecular formula is C14H11IO5S. The second-order valence-electron chi connectivity index (χ2n) is 4.29. The van der Waals surface area contributed by atoms with E-state index in [1.54, 1.807) is 12.1 Å². The highest BCUT2D eigenvalue weighted by Crippen LogP contribution is 2.27. The summed E-state index contributed by atoms with van der Waals surface area (Å²) in [4.78, 5) is 11.4. The molecule has 0 atom stereocenters. The molecule has 2 rings (SSSR count). The van der Waals surface area contributed by atoms with Crippen LogP contribution in [0.1, 0.15) is 10.4 Å². The summed E-state index contributed by atoms with van der Waals surface area (Å²) < 4.78 is 29.0. The van der Waals surface area contributed by atoms with Crippen LogP contribution in [0.5, 0.6) is 11.5 Å². The summed E-state index contributed by atoms with van der Waals surface area (Å²) in [5.41, 5.74) is 0.0501. The molecule has 2 aromatic carbocycles. The normalized spacial score (nSPS) is 11.1. The van der Waals surface area contributed by atoms with Gasteiger partial charge in [0, 0.05) is 9.83 Å². The van der Waals surface area contributed by atoms with Crippen LogP contribution in [0.15, 0.2) is 47.4 Å². The van der Waals surface area contributed by atoms with Crippen LogP contribution in [0.3, 0.4) is 0 Å². The Balaban J connectivity index is 2.33. The van der Waals surface area contributed by atoms with Crippen LogP contribution >= 0.6 is 22.6 Å². The number of halogens is 1. The van der Waals surface area contributed by atoms with Crippen LogP contribution < -0.4 is 4.74 Å². The molecule has 0 bridgehead atoms. The first-order valence-electron chi connectivity index (χ1n) is 5.78. The zero-order valence-electron chi connectivity index (χ0n) is 10.9. The summed E-state index contributed by atoms with van der Waals surface area (Å²) in [6.45, 7) is 0. The van der Waals surface area contributed by atoms with Crippen LogP contribution in [-0.2, 0) is 9.84 Å². The van der Waals surface area contributed by atoms with Crippen molar-refractivity contribution in [2.24, 2.45) is 0 Å². The average molecular weight is 418 g/mol. The molecule has 0 amide bonds. The molecule has 0 saturated heterocycles. The maximum absolute atomic E-state index is 11.4. The molecule has 0 unspecified atom stereocenters. The van der Waals surface area contributed by atoms with Gasteiger partial charge in [-0.05, 0) is 65.1 Å². The summed E-state index contributed by atoms with van der Waals surface area (Å²) >= 11 is 2.01. The van der Waals surface area contributed by atoms with E-state index in [-0.39, 0.29) is 16.2 Å². The van der Waals surface area contributed by atoms with Gasteiger partial charge in [0.2, 0.25) is 0 Å². The number of aromatic carboxylic acids is 1. The van der Waals surface area contributed by atoms with E-state index in [2.05, 4.69) is 0 Å². The first-order valence-corrected chi connectivity index (χ1v) is 8.75. The van der Waals surface area contributed by atoms with Gasteiger partial charge >= 0.3 is 5.97 Å². The lowest BCUT2D eigenvalue weighted by atomic mass is 10.2. The molecule has 0 heterocycles. The highest BCUT2D eigenvalue weighted by atomic mass is 127. The molecule has 110 valence electrons. The van der Waals surface area contributed by atoms with Crippen molar-refractivity contribution < 1.29 is 23.1 Å². The number of carbonyl (C=O) groups is 1. The standard InChI is InChI=1S/C14H11IO5S/c1-21(18,19)11-5-3-10(4-6-11)20-13-7-2-9(15)8-12(13)14(16)17/h2-8H,1H3,(H,16,17). The van der Waals surface area contributed by atoms with Crippen LogP contribution in [0.4, 0.5) is 0 Å². The third-order valence-corrected chi connectivity index (χ3v) is 4.45. The molecule has 0 aliphatic carbocycles. The van der Waals surface area contributed by atoms with Gasteiger partial charge in [-0.1, -0.05) is 0 Å². The number of rotatable bonds is 4. The predicted octanol–water partition coefficient (Wildman–Crippen LogP) is 3.19. The maximum atomic E-state index is 11.4. The van der Waals surface area contributed by atoms with Crippen molar-refractivity contribution >= 4 is 38.4 Å². The van der Waals surface area contributed by atoms with Crippen molar-refractivity contribution in [1.29, 1.82) is 0 Å². The maximum Gasteiger partial charge on any atom is 0.339 e. The molecular weight excluding hydrogens is 407 g/mol. The topological polar surface area (TPSA) is 80.7 Å². The average Bonchev–Trinajstić information content (AvgIpc) is 2.40. The molecule has 0 aliphatic rings. The minimum Gasteiger partial charge on any atom is -0.478 e. The molecule has 5 nitrogen and oxygen atoms in total. The molecule has 0 saturated carbocycles. The van der Waals surface area contributed by atoms with Crippen molar-refractivity contribution in [3.05, 3.63) is 51.6 Å². The largest absolute Gasteiger partial charge is 0.478 e. The fourth-order valence-corrected chi connectivity index (χ4v) is 2.76. The number of carboxylic acids is 1. The number of hydrogen-bond acceptors (Lipinski definition) is 4. The second kappa shape index (κ2) is 6.02. The van der Waals surface area contributed by atoms with Gasteiger partial charge in [-0.25, -0.2) is 13.2 Å². The number of hydrogen-bond donors (Lipinski definition) is 1. The Kier molecular flexibility index (Phi) is 4.52. The fourth-order valence-electron chi connectivity index (χ4n) is 1.64. The second-order valence-corrected chi connectivity index (χ2v) is 7.55. The summed E-state index contributed by atoms with van der Waals surface area (Å²) in [5, 5.41) is 9.16. The SMILES string of the molecule is CS(=O)(=O)c1ccc(Oc2ccc(I)cc2C(=O)O)cc1. The van der Waals surface area contributed by atoms with Gasteiger partial charge in [0.25, 0.3) is 0 Å². The number of ether oxygens (including phenoxy) is 1. The van der Waals surface area contributed by atoms with Crippen molar-refractivity contribution in [1.82, 2.24) is 0 Å². The predicted molar refractivity (Wildman–Crippen MR) is 85.7 cm³/mol. The smallest absolute Gasteiger partial charge is 0.339 e. The van der Waals surface area contributed by atoms with E-state index in [4.69, 9.17) is 9.84 Å². The summed E-state index contributed by atoms with van der Waals surface area (Å²) in [7, 11) is -3.27. The summed E-state index contributed by atoms with van der Waals surface area (Å²) in [6.07, 6.45) is 1.12. The Morgan fingerprint density at radius 3 is 2.29 bits per heavy atom. The lowest BCUT2D eigenvalue weighted by Gasteiger charge is -2.09. The fraction of sp³-hybridized carbons (Fsp3) is 0.0714. The Morgan fingerprint density at radius 1 is 1.14 bits per heavy atom. The molecule has 0 fully saturated rings. The Morgan fingerprint density at radius 2 is 1.76 bits per heavy atom. The molecule has 2 aromatic rings. The van der Waals surface area contributed by atoms with Crippen molar-refractivity contribution in [2.45, 2.75) is 4.90 Å². The highest BCUT2D eigenvalue weighted by molar-refractivity contribution is 14.1. The van der Waals surface area contributed by atoms with Crippen LogP contribution in [-0.4, -0.2) is 25.7 Å². The van der Waals surface area contributed by atoms with Gasteiger partial charge in [-0.3, -0.25) is 0 Å². The Labute approximate surface area is 135 Å². The van der Waals surface area contributed by atoms with E-state index < -0.39 is 15.8 Å². The quantitative estimate of drug-likeness (QED) is 0.772. The summed E-state index contributed by atoms with van der Waals surface area (Å²) in [5.74, 6) is -0.516. The van der Waals surface area contributed by atoms with Crippen molar-refractivity contribution in [3.63, 3.8) is 0 Å². The van der Waals surface area contributed by atoms with E-state index in [1.165, 1.54) is 30.3 Å². The van der Waals surface area contributed by atoms with Crippen LogP contribution in [0.25, 0.3) is 0 Å². The number of benzene rings is 2. The van der Waals surface area contributed by atoms with Gasteiger partial charge < -0.3 is 9.84 Å². The molecule has 0 aromatic heterocycles. The highest BCUT2D eigenvalue weighted by Gasteiger charge is 2.13. The van der Waals surface area contributed by atoms with Gasteiger partial charge in [-0.15, -0.1) is 0 Å². The van der Waals surface area contributed by atoms with Gasteiger partial charge in [0.15, 0.2) is 9.84 Å². The first kappa shape index (κ1) is 15.8. The van der Waals surface area contributed by atoms with Crippen LogP contribution in [0.2, 0.25) is 0 Å². The zero-order valence-corrected chi connectivity index (χ0v) is 13.9. The molecule has 7 heteroatoms. The minimum absolute atomic E-state index is 0.0501.